The Bertz CT molecular complexity index is 355. The summed E-state index contributed by atoms with van der Waals surface area (Å²) in [5.74, 6) is -0.457. The summed E-state index contributed by atoms with van der Waals surface area (Å²) in [7, 11) is 0. The van der Waals surface area contributed by atoms with Gasteiger partial charge in [0.25, 0.3) is 0 Å². The third-order valence-corrected chi connectivity index (χ3v) is 2.41. The van der Waals surface area contributed by atoms with Gasteiger partial charge in [0.2, 0.25) is 5.91 Å². The van der Waals surface area contributed by atoms with Gasteiger partial charge >= 0.3 is 0 Å². The number of rotatable bonds is 7. The molecule has 1 amide bonds. The molecule has 1 rings (SSSR count). The van der Waals surface area contributed by atoms with Crippen molar-refractivity contribution in [1.29, 1.82) is 0 Å². The van der Waals surface area contributed by atoms with Gasteiger partial charge in [-0.25, -0.2) is 4.39 Å². The number of halogens is 1. The van der Waals surface area contributed by atoms with E-state index in [0.717, 1.165) is 19.5 Å². The summed E-state index contributed by atoms with van der Waals surface area (Å²) in [6.07, 6.45) is 0.991. The zero-order chi connectivity index (χ0) is 12.5. The van der Waals surface area contributed by atoms with Crippen molar-refractivity contribution in [2.75, 3.05) is 19.6 Å². The van der Waals surface area contributed by atoms with E-state index in [-0.39, 0.29) is 18.1 Å². The predicted molar refractivity (Wildman–Crippen MR) is 66.3 cm³/mol. The molecule has 2 N–H and O–H groups in total. The third-order valence-electron chi connectivity index (χ3n) is 2.41. The predicted octanol–water partition coefficient (Wildman–Crippen LogP) is 1.48. The molecule has 0 saturated carbocycles. The van der Waals surface area contributed by atoms with Gasteiger partial charge < -0.3 is 10.6 Å². The molecule has 4 heteroatoms. The van der Waals surface area contributed by atoms with E-state index in [4.69, 9.17) is 0 Å². The molecule has 17 heavy (non-hydrogen) atoms. The van der Waals surface area contributed by atoms with Gasteiger partial charge in [0, 0.05) is 6.54 Å². The second-order valence-electron chi connectivity index (χ2n) is 3.83. The number of benzene rings is 1. The highest BCUT2D eigenvalue weighted by molar-refractivity contribution is 5.78. The van der Waals surface area contributed by atoms with Gasteiger partial charge in [-0.05, 0) is 31.1 Å². The normalized spacial score (nSPS) is 10.2. The van der Waals surface area contributed by atoms with Crippen LogP contribution in [-0.2, 0) is 11.2 Å². The van der Waals surface area contributed by atoms with Gasteiger partial charge in [-0.1, -0.05) is 25.1 Å². The van der Waals surface area contributed by atoms with Gasteiger partial charge in [-0.15, -0.1) is 0 Å². The average Bonchev–Trinajstić information content (AvgIpc) is 2.32. The number of hydrogen-bond acceptors (Lipinski definition) is 2. The van der Waals surface area contributed by atoms with Gasteiger partial charge in [0.1, 0.15) is 5.82 Å². The fraction of sp³-hybridized carbons (Fsp3) is 0.462. The lowest BCUT2D eigenvalue weighted by Gasteiger charge is -2.06. The van der Waals surface area contributed by atoms with E-state index in [2.05, 4.69) is 10.6 Å². The number of amides is 1. The van der Waals surface area contributed by atoms with E-state index >= 15 is 0 Å². The van der Waals surface area contributed by atoms with Gasteiger partial charge in [0.05, 0.1) is 6.42 Å². The van der Waals surface area contributed by atoms with Crippen LogP contribution < -0.4 is 10.6 Å². The van der Waals surface area contributed by atoms with E-state index in [9.17, 15) is 9.18 Å². The molecular weight excluding hydrogens is 219 g/mol. The topological polar surface area (TPSA) is 41.1 Å². The zero-order valence-electron chi connectivity index (χ0n) is 10.1. The summed E-state index contributed by atoms with van der Waals surface area (Å²) >= 11 is 0. The monoisotopic (exact) mass is 238 g/mol. The summed E-state index contributed by atoms with van der Waals surface area (Å²) in [5, 5.41) is 5.94. The lowest BCUT2D eigenvalue weighted by molar-refractivity contribution is -0.120. The highest BCUT2D eigenvalue weighted by Gasteiger charge is 2.06. The molecule has 0 bridgehead atoms. The van der Waals surface area contributed by atoms with E-state index < -0.39 is 0 Å². The van der Waals surface area contributed by atoms with Crippen LogP contribution in [0.5, 0.6) is 0 Å². The van der Waals surface area contributed by atoms with E-state index in [1.54, 1.807) is 18.2 Å². The Morgan fingerprint density at radius 1 is 1.29 bits per heavy atom. The molecule has 0 saturated heterocycles. The van der Waals surface area contributed by atoms with Crippen LogP contribution in [-0.4, -0.2) is 25.5 Å². The summed E-state index contributed by atoms with van der Waals surface area (Å²) in [4.78, 5) is 11.5. The van der Waals surface area contributed by atoms with Crippen LogP contribution in [0.3, 0.4) is 0 Å². The lowest BCUT2D eigenvalue weighted by atomic mass is 10.1. The molecular formula is C13H19FN2O. The van der Waals surface area contributed by atoms with Crippen LogP contribution in [0.1, 0.15) is 18.9 Å². The maximum absolute atomic E-state index is 13.2. The Morgan fingerprint density at radius 3 is 2.76 bits per heavy atom. The van der Waals surface area contributed by atoms with Crippen LogP contribution in [0.15, 0.2) is 24.3 Å². The SMILES string of the molecule is CCNCCCNC(=O)Cc1ccccc1F. The van der Waals surface area contributed by atoms with Crippen LogP contribution in [0.2, 0.25) is 0 Å². The van der Waals surface area contributed by atoms with Crippen molar-refractivity contribution >= 4 is 5.91 Å². The highest BCUT2D eigenvalue weighted by atomic mass is 19.1. The number of hydrogen-bond donors (Lipinski definition) is 2. The minimum atomic E-state index is -0.324. The molecule has 94 valence electrons. The van der Waals surface area contributed by atoms with Gasteiger partial charge in [-0.3, -0.25) is 4.79 Å². The largest absolute Gasteiger partial charge is 0.356 e. The molecule has 0 aromatic heterocycles. The minimum absolute atomic E-state index is 0.105. The Morgan fingerprint density at radius 2 is 2.06 bits per heavy atom. The Hall–Kier alpha value is -1.42. The fourth-order valence-corrected chi connectivity index (χ4v) is 1.50. The number of carbonyl (C=O) groups excluding carboxylic acids is 1. The van der Waals surface area contributed by atoms with Crippen LogP contribution in [0.4, 0.5) is 4.39 Å². The second kappa shape index (κ2) is 7.79. The molecule has 0 aliphatic carbocycles. The highest BCUT2D eigenvalue weighted by Crippen LogP contribution is 2.06. The molecule has 0 unspecified atom stereocenters. The van der Waals surface area contributed by atoms with Crippen molar-refractivity contribution in [3.05, 3.63) is 35.6 Å². The Kier molecular flexibility index (Phi) is 6.25. The molecule has 0 aliphatic heterocycles. The first-order valence-electron chi connectivity index (χ1n) is 5.95. The molecule has 0 spiro atoms. The average molecular weight is 238 g/mol. The quantitative estimate of drug-likeness (QED) is 0.707. The van der Waals surface area contributed by atoms with Gasteiger partial charge in [0.15, 0.2) is 0 Å². The minimum Gasteiger partial charge on any atom is -0.356 e. The first-order chi connectivity index (χ1) is 8.24. The summed E-state index contributed by atoms with van der Waals surface area (Å²) in [5.41, 5.74) is 0.441. The maximum atomic E-state index is 13.2. The van der Waals surface area contributed by atoms with E-state index in [1.165, 1.54) is 6.07 Å². The van der Waals surface area contributed by atoms with Crippen molar-refractivity contribution in [2.24, 2.45) is 0 Å². The summed E-state index contributed by atoms with van der Waals surface area (Å²) in [6, 6.07) is 6.35. The molecule has 0 fully saturated rings. The van der Waals surface area contributed by atoms with Crippen LogP contribution in [0.25, 0.3) is 0 Å². The first kappa shape index (κ1) is 13.6. The van der Waals surface area contributed by atoms with Crippen molar-refractivity contribution in [3.8, 4) is 0 Å². The van der Waals surface area contributed by atoms with E-state index in [1.807, 2.05) is 6.92 Å². The smallest absolute Gasteiger partial charge is 0.224 e. The summed E-state index contributed by atoms with van der Waals surface area (Å²) < 4.78 is 13.2. The summed E-state index contributed by atoms with van der Waals surface area (Å²) in [6.45, 7) is 4.48. The molecule has 1 aromatic rings. The molecule has 0 aliphatic rings. The zero-order valence-corrected chi connectivity index (χ0v) is 10.1. The Labute approximate surface area is 101 Å². The lowest BCUT2D eigenvalue weighted by Crippen LogP contribution is -2.28. The van der Waals surface area contributed by atoms with E-state index in [0.29, 0.717) is 12.1 Å². The fourth-order valence-electron chi connectivity index (χ4n) is 1.50. The maximum Gasteiger partial charge on any atom is 0.224 e. The second-order valence-corrected chi connectivity index (χ2v) is 3.83. The van der Waals surface area contributed by atoms with Crippen LogP contribution >= 0.6 is 0 Å². The first-order valence-corrected chi connectivity index (χ1v) is 5.95. The van der Waals surface area contributed by atoms with Gasteiger partial charge in [-0.2, -0.15) is 0 Å². The Balaban J connectivity index is 2.23. The third kappa shape index (κ3) is 5.45. The molecule has 1 aromatic carbocycles. The van der Waals surface area contributed by atoms with Crippen molar-refractivity contribution in [1.82, 2.24) is 10.6 Å². The van der Waals surface area contributed by atoms with Crippen LogP contribution in [0, 0.1) is 5.82 Å². The molecule has 3 nitrogen and oxygen atoms in total. The van der Waals surface area contributed by atoms with Crippen molar-refractivity contribution < 1.29 is 9.18 Å². The molecule has 0 atom stereocenters. The van der Waals surface area contributed by atoms with Crippen molar-refractivity contribution in [3.63, 3.8) is 0 Å². The molecule has 0 radical (unpaired) electrons. The standard InChI is InChI=1S/C13H19FN2O/c1-2-15-8-5-9-16-13(17)10-11-6-3-4-7-12(11)14/h3-4,6-7,15H,2,5,8-10H2,1H3,(H,16,17). The number of nitrogens with one attached hydrogen (secondary N) is 2. The van der Waals surface area contributed by atoms with Crippen molar-refractivity contribution in [2.45, 2.75) is 19.8 Å². The number of carbonyl (C=O) groups is 1. The molecule has 0 heterocycles.